The molecule has 7 nitrogen and oxygen atoms in total. The molecule has 9 heteroatoms. The molecule has 0 aliphatic carbocycles. The first-order valence-corrected chi connectivity index (χ1v) is 10.4. The van der Waals surface area contributed by atoms with Crippen molar-refractivity contribution in [1.82, 2.24) is 0 Å². The molecule has 1 amide bonds. The first kappa shape index (κ1) is 24.4. The Morgan fingerprint density at radius 1 is 1.13 bits per heavy atom. The highest BCUT2D eigenvalue weighted by molar-refractivity contribution is 9.10. The fraction of sp³-hybridized carbons (Fsp3) is 0.273. The number of carbonyl (C=O) groups excluding carboxylic acids is 1. The number of nitrogens with one attached hydrogen (secondary N) is 1. The second-order valence-electron chi connectivity index (χ2n) is 6.19. The molecular formula is C22H22BrClN2O5. The van der Waals surface area contributed by atoms with E-state index in [4.69, 9.17) is 30.5 Å². The Balaban J connectivity index is 2.37. The molecule has 0 saturated heterocycles. The number of nitrogens with zero attached hydrogens (tertiary/aromatic N) is 1. The van der Waals surface area contributed by atoms with Gasteiger partial charge in [-0.15, -0.1) is 0 Å². The Kier molecular flexibility index (Phi) is 9.03. The van der Waals surface area contributed by atoms with Crippen LogP contribution < -0.4 is 24.3 Å². The monoisotopic (exact) mass is 508 g/mol. The van der Waals surface area contributed by atoms with Gasteiger partial charge in [0.25, 0.3) is 5.91 Å². The number of carbonyl (C=O) groups is 1. The number of amides is 1. The van der Waals surface area contributed by atoms with Crippen molar-refractivity contribution in [2.45, 2.75) is 13.3 Å². The summed E-state index contributed by atoms with van der Waals surface area (Å²) in [6.45, 7) is 2.53. The fourth-order valence-corrected chi connectivity index (χ4v) is 3.44. The zero-order chi connectivity index (χ0) is 23.0. The summed E-state index contributed by atoms with van der Waals surface area (Å²) in [7, 11) is 4.42. The normalized spacial score (nSPS) is 10.8. The lowest BCUT2D eigenvalue weighted by Gasteiger charge is -2.14. The first-order valence-electron chi connectivity index (χ1n) is 9.23. The SMILES string of the molecule is CCCOc1c(Br)cc(/C=C(\C#N)C(=O)Nc2cc(OC)c(Cl)cc2OC)cc1OC. The van der Waals surface area contributed by atoms with Gasteiger partial charge in [0.15, 0.2) is 11.5 Å². The molecule has 0 spiro atoms. The zero-order valence-electron chi connectivity index (χ0n) is 17.5. The Labute approximate surface area is 194 Å². The highest BCUT2D eigenvalue weighted by atomic mass is 79.9. The number of hydrogen-bond acceptors (Lipinski definition) is 6. The van der Waals surface area contributed by atoms with Gasteiger partial charge < -0.3 is 24.3 Å². The van der Waals surface area contributed by atoms with E-state index in [2.05, 4.69) is 21.2 Å². The van der Waals surface area contributed by atoms with Crippen LogP contribution in [-0.2, 0) is 4.79 Å². The van der Waals surface area contributed by atoms with Crippen molar-refractivity contribution < 1.29 is 23.7 Å². The van der Waals surface area contributed by atoms with E-state index in [0.717, 1.165) is 6.42 Å². The zero-order valence-corrected chi connectivity index (χ0v) is 19.9. The molecule has 0 aliphatic heterocycles. The maximum atomic E-state index is 12.7. The van der Waals surface area contributed by atoms with Crippen molar-refractivity contribution in [2.24, 2.45) is 0 Å². The van der Waals surface area contributed by atoms with E-state index < -0.39 is 5.91 Å². The van der Waals surface area contributed by atoms with Crippen molar-refractivity contribution in [1.29, 1.82) is 5.26 Å². The Morgan fingerprint density at radius 2 is 1.81 bits per heavy atom. The van der Waals surface area contributed by atoms with E-state index in [-0.39, 0.29) is 5.57 Å². The molecule has 0 radical (unpaired) electrons. The van der Waals surface area contributed by atoms with Gasteiger partial charge in [0.1, 0.15) is 23.1 Å². The van der Waals surface area contributed by atoms with Crippen LogP contribution in [0.15, 0.2) is 34.3 Å². The minimum Gasteiger partial charge on any atom is -0.495 e. The molecule has 2 aromatic rings. The predicted molar refractivity (Wildman–Crippen MR) is 123 cm³/mol. The smallest absolute Gasteiger partial charge is 0.266 e. The number of methoxy groups -OCH3 is 3. The van der Waals surface area contributed by atoms with E-state index in [0.29, 0.717) is 50.4 Å². The van der Waals surface area contributed by atoms with E-state index in [1.807, 2.05) is 13.0 Å². The van der Waals surface area contributed by atoms with Crippen molar-refractivity contribution in [3.8, 4) is 29.1 Å². The molecule has 2 aromatic carbocycles. The highest BCUT2D eigenvalue weighted by Gasteiger charge is 2.17. The quantitative estimate of drug-likeness (QED) is 0.356. The largest absolute Gasteiger partial charge is 0.495 e. The lowest BCUT2D eigenvalue weighted by molar-refractivity contribution is -0.112. The summed E-state index contributed by atoms with van der Waals surface area (Å²) in [6, 6.07) is 8.38. The number of rotatable bonds is 9. The van der Waals surface area contributed by atoms with Crippen LogP contribution in [0.1, 0.15) is 18.9 Å². The lowest BCUT2D eigenvalue weighted by Crippen LogP contribution is -2.14. The summed E-state index contributed by atoms with van der Waals surface area (Å²) in [5, 5.41) is 12.5. The number of halogens is 2. The Morgan fingerprint density at radius 3 is 2.39 bits per heavy atom. The molecule has 1 N–H and O–H groups in total. The molecule has 0 bridgehead atoms. The minimum absolute atomic E-state index is 0.118. The Hall–Kier alpha value is -2.89. The minimum atomic E-state index is -0.619. The first-order chi connectivity index (χ1) is 14.9. The van der Waals surface area contributed by atoms with Crippen molar-refractivity contribution in [2.75, 3.05) is 33.3 Å². The molecule has 164 valence electrons. The molecule has 0 aliphatic rings. The summed E-state index contributed by atoms with van der Waals surface area (Å²) in [4.78, 5) is 12.7. The van der Waals surface area contributed by atoms with Crippen LogP contribution in [0.2, 0.25) is 5.02 Å². The van der Waals surface area contributed by atoms with Crippen molar-refractivity contribution in [3.05, 3.63) is 44.9 Å². The van der Waals surface area contributed by atoms with Crippen molar-refractivity contribution in [3.63, 3.8) is 0 Å². The summed E-state index contributed by atoms with van der Waals surface area (Å²) in [6.07, 6.45) is 2.29. The average Bonchev–Trinajstić information content (AvgIpc) is 2.76. The third kappa shape index (κ3) is 6.06. The average molecular weight is 510 g/mol. The third-order valence-electron chi connectivity index (χ3n) is 4.10. The summed E-state index contributed by atoms with van der Waals surface area (Å²) in [5.74, 6) is 1.11. The van der Waals surface area contributed by atoms with Gasteiger partial charge in [0, 0.05) is 12.1 Å². The van der Waals surface area contributed by atoms with Gasteiger partial charge in [-0.1, -0.05) is 18.5 Å². The van der Waals surface area contributed by atoms with E-state index in [9.17, 15) is 10.1 Å². The van der Waals surface area contributed by atoms with E-state index in [1.54, 1.807) is 12.1 Å². The molecule has 31 heavy (non-hydrogen) atoms. The topological polar surface area (TPSA) is 89.8 Å². The molecule has 0 unspecified atom stereocenters. The third-order valence-corrected chi connectivity index (χ3v) is 4.98. The number of benzene rings is 2. The van der Waals surface area contributed by atoms with Crippen LogP contribution in [0.4, 0.5) is 5.69 Å². The van der Waals surface area contributed by atoms with Gasteiger partial charge in [-0.2, -0.15) is 5.26 Å². The van der Waals surface area contributed by atoms with E-state index in [1.165, 1.54) is 39.5 Å². The summed E-state index contributed by atoms with van der Waals surface area (Å²) < 4.78 is 22.2. The highest BCUT2D eigenvalue weighted by Crippen LogP contribution is 2.38. The predicted octanol–water partition coefficient (Wildman–Crippen LogP) is 5.46. The Bertz CT molecular complexity index is 1030. The number of anilines is 1. The molecular weight excluding hydrogens is 488 g/mol. The van der Waals surface area contributed by atoms with Gasteiger partial charge >= 0.3 is 0 Å². The number of nitriles is 1. The second kappa shape index (κ2) is 11.5. The lowest BCUT2D eigenvalue weighted by atomic mass is 10.1. The van der Waals surface area contributed by atoms with Gasteiger partial charge in [0.05, 0.1) is 43.1 Å². The van der Waals surface area contributed by atoms with Crippen LogP contribution in [0.5, 0.6) is 23.0 Å². The van der Waals surface area contributed by atoms with Crippen LogP contribution >= 0.6 is 27.5 Å². The van der Waals surface area contributed by atoms with E-state index >= 15 is 0 Å². The fourth-order valence-electron chi connectivity index (χ4n) is 2.63. The number of hydrogen-bond donors (Lipinski definition) is 1. The standard InChI is InChI=1S/C22H22BrClN2O5/c1-5-6-31-21-15(23)8-13(9-20(21)30-4)7-14(12-25)22(27)26-17-11-18(28-2)16(24)10-19(17)29-3/h7-11H,5-6H2,1-4H3,(H,26,27)/b14-7+. The van der Waals surface area contributed by atoms with Crippen LogP contribution in [0.3, 0.4) is 0 Å². The molecule has 2 rings (SSSR count). The van der Waals surface area contributed by atoms with Gasteiger partial charge in [0.2, 0.25) is 0 Å². The van der Waals surface area contributed by atoms with Crippen LogP contribution in [0.25, 0.3) is 6.08 Å². The molecule has 0 aromatic heterocycles. The molecule has 0 heterocycles. The van der Waals surface area contributed by atoms with Crippen LogP contribution in [0, 0.1) is 11.3 Å². The summed E-state index contributed by atoms with van der Waals surface area (Å²) in [5.41, 5.74) is 0.782. The van der Waals surface area contributed by atoms with Crippen molar-refractivity contribution >= 4 is 45.2 Å². The molecule has 0 saturated carbocycles. The van der Waals surface area contributed by atoms with Gasteiger partial charge in [-0.3, -0.25) is 4.79 Å². The number of ether oxygens (including phenoxy) is 4. The maximum absolute atomic E-state index is 12.7. The van der Waals surface area contributed by atoms with Crippen LogP contribution in [-0.4, -0.2) is 33.8 Å². The van der Waals surface area contributed by atoms with Gasteiger partial charge in [-0.05, 0) is 46.1 Å². The summed E-state index contributed by atoms with van der Waals surface area (Å²) >= 11 is 9.55. The second-order valence-corrected chi connectivity index (χ2v) is 7.46. The maximum Gasteiger partial charge on any atom is 0.266 e. The van der Waals surface area contributed by atoms with Gasteiger partial charge in [-0.25, -0.2) is 0 Å². The molecule has 0 atom stereocenters. The molecule has 0 fully saturated rings.